The zero-order chi connectivity index (χ0) is 16.3. The third-order valence-corrected chi connectivity index (χ3v) is 2.79. The number of benzene rings is 1. The van der Waals surface area contributed by atoms with E-state index in [1.165, 1.54) is 12.1 Å². The highest BCUT2D eigenvalue weighted by Crippen LogP contribution is 2.26. The third-order valence-electron chi connectivity index (χ3n) is 2.79. The van der Waals surface area contributed by atoms with E-state index in [9.17, 15) is 13.2 Å². The van der Waals surface area contributed by atoms with E-state index in [-0.39, 0.29) is 17.5 Å². The number of aromatic nitrogens is 3. The third kappa shape index (κ3) is 3.85. The first kappa shape index (κ1) is 15.0. The van der Waals surface area contributed by atoms with E-state index in [1.807, 2.05) is 0 Å². The van der Waals surface area contributed by atoms with Crippen LogP contribution in [0.5, 0.6) is 5.75 Å². The minimum atomic E-state index is -4.40. The predicted molar refractivity (Wildman–Crippen MR) is 74.5 cm³/mol. The summed E-state index contributed by atoms with van der Waals surface area (Å²) < 4.78 is 46.7. The van der Waals surface area contributed by atoms with Crippen molar-refractivity contribution in [3.05, 3.63) is 48.7 Å². The van der Waals surface area contributed by atoms with Crippen molar-refractivity contribution in [2.75, 3.05) is 6.61 Å². The van der Waals surface area contributed by atoms with Crippen molar-refractivity contribution in [1.82, 2.24) is 15.2 Å². The highest BCUT2D eigenvalue weighted by atomic mass is 19.4. The van der Waals surface area contributed by atoms with Crippen LogP contribution < -0.4 is 4.74 Å². The number of alkyl halides is 3. The monoisotopic (exact) mass is 321 g/mol. The summed E-state index contributed by atoms with van der Waals surface area (Å²) in [6, 6.07) is 11.2. The van der Waals surface area contributed by atoms with Crippen molar-refractivity contribution in [2.45, 2.75) is 6.18 Å². The lowest BCUT2D eigenvalue weighted by molar-refractivity contribution is -0.153. The van der Waals surface area contributed by atoms with E-state index in [2.05, 4.69) is 15.2 Å². The second kappa shape index (κ2) is 6.07. The van der Waals surface area contributed by atoms with Crippen LogP contribution in [0.15, 0.2) is 53.1 Å². The number of halogens is 3. The summed E-state index contributed by atoms with van der Waals surface area (Å²) in [5.74, 6) is 0.461. The Balaban J connectivity index is 1.81. The van der Waals surface area contributed by atoms with E-state index in [1.54, 1.807) is 36.5 Å². The molecular weight excluding hydrogens is 311 g/mol. The molecule has 0 aliphatic heterocycles. The van der Waals surface area contributed by atoms with Gasteiger partial charge < -0.3 is 9.15 Å². The van der Waals surface area contributed by atoms with Crippen molar-refractivity contribution in [1.29, 1.82) is 0 Å². The second-order valence-electron chi connectivity index (χ2n) is 4.56. The molecule has 0 N–H and O–H groups in total. The van der Waals surface area contributed by atoms with Crippen LogP contribution in [0.4, 0.5) is 13.2 Å². The molecule has 0 aliphatic rings. The van der Waals surface area contributed by atoms with Gasteiger partial charge in [-0.25, -0.2) is 0 Å². The first-order valence-corrected chi connectivity index (χ1v) is 6.56. The minimum Gasteiger partial charge on any atom is -0.484 e. The molecule has 3 rings (SSSR count). The van der Waals surface area contributed by atoms with Crippen molar-refractivity contribution in [2.24, 2.45) is 0 Å². The SMILES string of the molecule is FC(F)(F)COc1cccc(-c2nnc(-c3ccccn3)o2)c1. The molecule has 5 nitrogen and oxygen atoms in total. The lowest BCUT2D eigenvalue weighted by atomic mass is 10.2. The lowest BCUT2D eigenvalue weighted by Gasteiger charge is -2.09. The molecule has 0 spiro atoms. The zero-order valence-corrected chi connectivity index (χ0v) is 11.6. The molecule has 0 unspecified atom stereocenters. The number of hydrogen-bond donors (Lipinski definition) is 0. The molecule has 8 heteroatoms. The summed E-state index contributed by atoms with van der Waals surface area (Å²) in [7, 11) is 0. The number of pyridine rings is 1. The highest BCUT2D eigenvalue weighted by Gasteiger charge is 2.28. The highest BCUT2D eigenvalue weighted by molar-refractivity contribution is 5.57. The molecule has 0 bridgehead atoms. The smallest absolute Gasteiger partial charge is 0.422 e. The van der Waals surface area contributed by atoms with Gasteiger partial charge in [0.05, 0.1) is 0 Å². The van der Waals surface area contributed by atoms with Gasteiger partial charge in [0.1, 0.15) is 11.4 Å². The maximum Gasteiger partial charge on any atom is 0.422 e. The predicted octanol–water partition coefficient (Wildman–Crippen LogP) is 3.74. The molecule has 0 fully saturated rings. The number of ether oxygens (including phenoxy) is 1. The van der Waals surface area contributed by atoms with Gasteiger partial charge in [0, 0.05) is 11.8 Å². The summed E-state index contributed by atoms with van der Waals surface area (Å²) in [6.45, 7) is -1.36. The normalized spacial score (nSPS) is 11.4. The van der Waals surface area contributed by atoms with Crippen LogP contribution in [0.3, 0.4) is 0 Å². The van der Waals surface area contributed by atoms with Gasteiger partial charge >= 0.3 is 6.18 Å². The quantitative estimate of drug-likeness (QED) is 0.732. The van der Waals surface area contributed by atoms with Crippen LogP contribution in [-0.2, 0) is 0 Å². The van der Waals surface area contributed by atoms with Gasteiger partial charge in [-0.3, -0.25) is 4.98 Å². The van der Waals surface area contributed by atoms with Crippen molar-refractivity contribution in [3.8, 4) is 28.8 Å². The molecule has 2 aromatic heterocycles. The van der Waals surface area contributed by atoms with Gasteiger partial charge in [-0.15, -0.1) is 10.2 Å². The Hall–Kier alpha value is -2.90. The van der Waals surface area contributed by atoms with Gasteiger partial charge in [-0.1, -0.05) is 12.1 Å². The second-order valence-corrected chi connectivity index (χ2v) is 4.56. The maximum absolute atomic E-state index is 12.2. The van der Waals surface area contributed by atoms with Gasteiger partial charge in [-0.05, 0) is 30.3 Å². The van der Waals surface area contributed by atoms with Crippen molar-refractivity contribution < 1.29 is 22.3 Å². The van der Waals surface area contributed by atoms with E-state index in [4.69, 9.17) is 9.15 Å². The summed E-state index contributed by atoms with van der Waals surface area (Å²) in [5.41, 5.74) is 0.968. The summed E-state index contributed by atoms with van der Waals surface area (Å²) in [5, 5.41) is 7.76. The van der Waals surface area contributed by atoms with Crippen LogP contribution in [0.25, 0.3) is 23.0 Å². The standard InChI is InChI=1S/C15H10F3N3O2/c16-15(17,18)9-22-11-5-3-4-10(8-11)13-20-21-14(23-13)12-6-1-2-7-19-12/h1-8H,9H2. The van der Waals surface area contributed by atoms with Gasteiger partial charge in [-0.2, -0.15) is 13.2 Å². The lowest BCUT2D eigenvalue weighted by Crippen LogP contribution is -2.19. The maximum atomic E-state index is 12.2. The number of hydrogen-bond acceptors (Lipinski definition) is 5. The zero-order valence-electron chi connectivity index (χ0n) is 11.6. The molecule has 3 aromatic rings. The number of nitrogens with zero attached hydrogens (tertiary/aromatic N) is 3. The Labute approximate surface area is 128 Å². The van der Waals surface area contributed by atoms with E-state index < -0.39 is 12.8 Å². The van der Waals surface area contributed by atoms with E-state index in [0.29, 0.717) is 11.3 Å². The molecule has 0 amide bonds. The molecule has 23 heavy (non-hydrogen) atoms. The van der Waals surface area contributed by atoms with Crippen LogP contribution in [0.2, 0.25) is 0 Å². The minimum absolute atomic E-state index is 0.0670. The molecule has 0 aliphatic carbocycles. The Bertz CT molecular complexity index is 788. The van der Waals surface area contributed by atoms with Gasteiger partial charge in [0.2, 0.25) is 5.89 Å². The fourth-order valence-electron chi connectivity index (χ4n) is 1.82. The fourth-order valence-corrected chi connectivity index (χ4v) is 1.82. The Morgan fingerprint density at radius 2 is 1.83 bits per heavy atom. The first-order valence-electron chi connectivity index (χ1n) is 6.56. The molecule has 2 heterocycles. The molecule has 0 atom stereocenters. The summed E-state index contributed by atoms with van der Waals surface area (Å²) in [6.07, 6.45) is -2.81. The van der Waals surface area contributed by atoms with Gasteiger partial charge in [0.15, 0.2) is 6.61 Å². The molecule has 118 valence electrons. The van der Waals surface area contributed by atoms with Crippen LogP contribution in [0, 0.1) is 0 Å². The average Bonchev–Trinajstić information content (AvgIpc) is 3.03. The first-order chi connectivity index (χ1) is 11.0. The largest absolute Gasteiger partial charge is 0.484 e. The summed E-state index contributed by atoms with van der Waals surface area (Å²) in [4.78, 5) is 4.08. The van der Waals surface area contributed by atoms with E-state index >= 15 is 0 Å². The molecular formula is C15H10F3N3O2. The Morgan fingerprint density at radius 1 is 1.00 bits per heavy atom. The number of rotatable bonds is 4. The molecule has 0 radical (unpaired) electrons. The Morgan fingerprint density at radius 3 is 2.57 bits per heavy atom. The van der Waals surface area contributed by atoms with E-state index in [0.717, 1.165) is 0 Å². The molecule has 0 saturated heterocycles. The van der Waals surface area contributed by atoms with Gasteiger partial charge in [0.25, 0.3) is 5.89 Å². The molecule has 0 saturated carbocycles. The average molecular weight is 321 g/mol. The molecule has 1 aromatic carbocycles. The van der Waals surface area contributed by atoms with Crippen LogP contribution >= 0.6 is 0 Å². The summed E-state index contributed by atoms with van der Waals surface area (Å²) >= 11 is 0. The van der Waals surface area contributed by atoms with Crippen molar-refractivity contribution in [3.63, 3.8) is 0 Å². The van der Waals surface area contributed by atoms with Crippen LogP contribution in [-0.4, -0.2) is 28.0 Å². The van der Waals surface area contributed by atoms with Crippen LogP contribution in [0.1, 0.15) is 0 Å². The van der Waals surface area contributed by atoms with Crippen molar-refractivity contribution >= 4 is 0 Å². The topological polar surface area (TPSA) is 61.0 Å². The Kier molecular flexibility index (Phi) is 3.96. The fraction of sp³-hybridized carbons (Fsp3) is 0.133.